The predicted molar refractivity (Wildman–Crippen MR) is 267 cm³/mol. The molecule has 0 aliphatic rings. The lowest BCUT2D eigenvalue weighted by Gasteiger charge is -2.23. The fraction of sp³-hybridized carbons (Fsp3) is 0.273. The molecular formula is C55H62O11S2. The Morgan fingerprint density at radius 1 is 0.471 bits per heavy atom. The minimum atomic E-state index is -4.39. The van der Waals surface area contributed by atoms with E-state index >= 15 is 0 Å². The molecule has 0 fully saturated rings. The van der Waals surface area contributed by atoms with E-state index in [1.807, 2.05) is 85.8 Å². The molecular weight excluding hydrogens is 901 g/mol. The molecule has 6 aromatic carbocycles. The summed E-state index contributed by atoms with van der Waals surface area (Å²) in [5.41, 5.74) is 3.64. The Hall–Kier alpha value is -6.54. The maximum Gasteiger partial charge on any atom is 0.303 e. The van der Waals surface area contributed by atoms with Gasteiger partial charge in [-0.25, -0.2) is 8.42 Å². The highest BCUT2D eigenvalue weighted by Crippen LogP contribution is 2.30. The highest BCUT2D eigenvalue weighted by Gasteiger charge is 2.43. The summed E-state index contributed by atoms with van der Waals surface area (Å²) in [6.45, 7) is 6.66. The van der Waals surface area contributed by atoms with Gasteiger partial charge in [-0.15, -0.1) is 0 Å². The Morgan fingerprint density at radius 3 is 1.21 bits per heavy atom. The zero-order chi connectivity index (χ0) is 50.2. The lowest BCUT2D eigenvalue weighted by molar-refractivity contribution is -0.137. The van der Waals surface area contributed by atoms with Crippen LogP contribution in [0.1, 0.15) is 133 Å². The van der Waals surface area contributed by atoms with E-state index in [0.29, 0.717) is 17.5 Å². The minimum Gasteiger partial charge on any atom is -0.508 e. The van der Waals surface area contributed by atoms with Crippen molar-refractivity contribution in [2.45, 2.75) is 106 Å². The van der Waals surface area contributed by atoms with Crippen LogP contribution in [-0.2, 0) is 24.7 Å². The lowest BCUT2D eigenvalue weighted by Crippen LogP contribution is -2.40. The molecule has 0 atom stereocenters. The van der Waals surface area contributed by atoms with E-state index < -0.39 is 36.5 Å². The van der Waals surface area contributed by atoms with Crippen LogP contribution in [0.15, 0.2) is 174 Å². The smallest absolute Gasteiger partial charge is 0.303 e. The van der Waals surface area contributed by atoms with Crippen molar-refractivity contribution >= 4 is 43.3 Å². The van der Waals surface area contributed by atoms with Gasteiger partial charge < -0.3 is 10.2 Å². The van der Waals surface area contributed by atoms with E-state index in [-0.39, 0.29) is 32.7 Å². The third-order valence-electron chi connectivity index (χ3n) is 10.7. The number of carboxylic acid groups (broad SMARTS) is 1. The van der Waals surface area contributed by atoms with Crippen molar-refractivity contribution < 1.29 is 50.8 Å². The molecule has 0 amide bonds. The molecule has 0 aliphatic carbocycles. The van der Waals surface area contributed by atoms with Crippen LogP contribution in [-0.4, -0.2) is 59.7 Å². The number of aliphatic carboxylic acids is 1. The Labute approximate surface area is 401 Å². The molecule has 0 bridgehead atoms. The number of carbonyl (C=O) groups is 4. The fourth-order valence-electron chi connectivity index (χ4n) is 6.56. The second-order valence-corrected chi connectivity index (χ2v) is 20.4. The number of carboxylic acids is 1. The van der Waals surface area contributed by atoms with Crippen molar-refractivity contribution in [3.8, 4) is 5.75 Å². The number of carbonyl (C=O) groups excluding carboxylic acids is 3. The average Bonchev–Trinajstić information content (AvgIpc) is 3.34. The van der Waals surface area contributed by atoms with Gasteiger partial charge in [0.15, 0.2) is 27.2 Å². The number of aryl methyl sites for hydroxylation is 1. The van der Waals surface area contributed by atoms with Crippen LogP contribution >= 0.6 is 0 Å². The standard InChI is InChI=1S/C17H18O6S2.C13H10O2.C13H10O.C12H24O2/c1-12-4-8-14(9-5-12)24(19,20)17(2,3)16(18)13-6-10-15(11-7-13)25(21,22)23;14-12-8-6-11(7-9-12)13(15)10-4-2-1-3-5-10;14-13(11-7-3-1-4-8-11)12-9-5-2-6-10-12;1-2-3-4-5-6-7-8-9-10-11-12(13)14/h4-11H,1-3H3,(H,21,22,23);1-9,14H;1-10H;2-11H2,1H3,(H,13,14). The van der Waals surface area contributed by atoms with Crippen LogP contribution in [0.2, 0.25) is 0 Å². The number of benzene rings is 6. The number of ketones is 3. The second kappa shape index (κ2) is 27.9. The average molecular weight is 963 g/mol. The first kappa shape index (κ1) is 55.8. The fourth-order valence-corrected chi connectivity index (χ4v) is 8.49. The molecule has 0 heterocycles. The van der Waals surface area contributed by atoms with Crippen molar-refractivity contribution in [3.63, 3.8) is 0 Å². The summed E-state index contributed by atoms with van der Waals surface area (Å²) in [5.74, 6) is -1.12. The summed E-state index contributed by atoms with van der Waals surface area (Å²) in [4.78, 5) is 46.3. The van der Waals surface area contributed by atoms with E-state index in [1.54, 1.807) is 36.4 Å². The van der Waals surface area contributed by atoms with Crippen LogP contribution in [0.3, 0.4) is 0 Å². The molecule has 6 rings (SSSR count). The summed E-state index contributed by atoms with van der Waals surface area (Å²) < 4.78 is 55.0. The molecule has 68 heavy (non-hydrogen) atoms. The van der Waals surface area contributed by atoms with Crippen molar-refractivity contribution in [2.75, 3.05) is 0 Å². The minimum absolute atomic E-state index is 0.0319. The van der Waals surface area contributed by atoms with Crippen molar-refractivity contribution in [3.05, 3.63) is 197 Å². The molecule has 360 valence electrons. The van der Waals surface area contributed by atoms with Crippen LogP contribution in [0.4, 0.5) is 0 Å². The van der Waals surface area contributed by atoms with Gasteiger partial charge in [-0.1, -0.05) is 167 Å². The largest absolute Gasteiger partial charge is 0.508 e. The van der Waals surface area contributed by atoms with Gasteiger partial charge in [0.1, 0.15) is 10.5 Å². The van der Waals surface area contributed by atoms with Gasteiger partial charge in [0, 0.05) is 34.2 Å². The lowest BCUT2D eigenvalue weighted by atomic mass is 10.0. The number of aromatic hydroxyl groups is 1. The Bertz CT molecular complexity index is 2660. The van der Waals surface area contributed by atoms with E-state index in [1.165, 1.54) is 95.2 Å². The molecule has 3 N–H and O–H groups in total. The highest BCUT2D eigenvalue weighted by atomic mass is 32.2. The first-order valence-corrected chi connectivity index (χ1v) is 25.4. The third kappa shape index (κ3) is 18.3. The van der Waals surface area contributed by atoms with Gasteiger partial charge in [-0.05, 0) is 87.9 Å². The molecule has 0 saturated heterocycles. The maximum absolute atomic E-state index is 12.8. The molecule has 0 aliphatic heterocycles. The SMILES string of the molecule is CCCCCCCCCCCC(=O)O.Cc1ccc(S(=O)(=O)C(C)(C)C(=O)c2ccc(S(=O)(=O)O)cc2)cc1.O=C(c1ccccc1)c1ccc(O)cc1.O=C(c1ccccc1)c1ccccc1. The zero-order valence-corrected chi connectivity index (χ0v) is 40.7. The quantitative estimate of drug-likeness (QED) is 0.0397. The van der Waals surface area contributed by atoms with E-state index in [2.05, 4.69) is 6.92 Å². The topological polar surface area (TPSA) is 197 Å². The number of phenolic OH excluding ortho intramolecular Hbond substituents is 1. The molecule has 0 unspecified atom stereocenters. The predicted octanol–water partition coefficient (Wildman–Crippen LogP) is 12.2. The molecule has 0 spiro atoms. The first-order valence-electron chi connectivity index (χ1n) is 22.5. The number of rotatable bonds is 19. The highest BCUT2D eigenvalue weighted by molar-refractivity contribution is 7.93. The van der Waals surface area contributed by atoms with Crippen molar-refractivity contribution in [1.82, 2.24) is 0 Å². The number of hydrogen-bond donors (Lipinski definition) is 3. The maximum atomic E-state index is 12.8. The van der Waals surface area contributed by atoms with Crippen molar-refractivity contribution in [2.24, 2.45) is 0 Å². The van der Waals surface area contributed by atoms with Gasteiger partial charge in [-0.3, -0.25) is 23.7 Å². The molecule has 11 nitrogen and oxygen atoms in total. The summed E-state index contributed by atoms with van der Waals surface area (Å²) in [6, 6.07) is 44.6. The third-order valence-corrected chi connectivity index (χ3v) is 14.0. The van der Waals surface area contributed by atoms with Crippen LogP contribution in [0.5, 0.6) is 5.75 Å². The Balaban J connectivity index is 0.000000249. The second-order valence-electron chi connectivity index (χ2n) is 16.4. The van der Waals surface area contributed by atoms with E-state index in [4.69, 9.17) is 14.8 Å². The van der Waals surface area contributed by atoms with Gasteiger partial charge in [0.05, 0.1) is 9.79 Å². The first-order chi connectivity index (χ1) is 32.3. The van der Waals surface area contributed by atoms with Crippen LogP contribution in [0.25, 0.3) is 0 Å². The number of hydrogen-bond acceptors (Lipinski definition) is 9. The number of sulfone groups is 1. The van der Waals surface area contributed by atoms with Gasteiger partial charge in [0.25, 0.3) is 10.1 Å². The normalized spacial score (nSPS) is 11.0. The van der Waals surface area contributed by atoms with Crippen molar-refractivity contribution in [1.29, 1.82) is 0 Å². The van der Waals surface area contributed by atoms with Gasteiger partial charge in [0.2, 0.25) is 0 Å². The Morgan fingerprint density at radius 2 is 0.824 bits per heavy atom. The number of phenols is 1. The molecule has 0 aromatic heterocycles. The van der Waals surface area contributed by atoms with Gasteiger partial charge >= 0.3 is 5.97 Å². The molecule has 6 aromatic rings. The summed E-state index contributed by atoms with van der Waals surface area (Å²) in [6.07, 6.45) is 11.5. The molecule has 0 saturated carbocycles. The summed E-state index contributed by atoms with van der Waals surface area (Å²) in [7, 11) is -8.34. The van der Waals surface area contributed by atoms with Crippen LogP contribution in [0, 0.1) is 6.92 Å². The monoisotopic (exact) mass is 962 g/mol. The van der Waals surface area contributed by atoms with E-state index in [0.717, 1.165) is 41.7 Å². The molecule has 13 heteroatoms. The summed E-state index contributed by atoms with van der Waals surface area (Å²) in [5, 5.41) is 17.5. The Kier molecular flexibility index (Phi) is 22.9. The van der Waals surface area contributed by atoms with Crippen LogP contribution < -0.4 is 0 Å². The number of Topliss-reactive ketones (excluding diaryl/α,β-unsaturated/α-hetero) is 1. The zero-order valence-electron chi connectivity index (χ0n) is 39.1. The number of unbranched alkanes of at least 4 members (excludes halogenated alkanes) is 8. The molecule has 0 radical (unpaired) electrons. The summed E-state index contributed by atoms with van der Waals surface area (Å²) >= 11 is 0. The van der Waals surface area contributed by atoms with E-state index in [9.17, 15) is 36.0 Å². The van der Waals surface area contributed by atoms with Gasteiger partial charge in [-0.2, -0.15) is 8.42 Å².